The quantitative estimate of drug-likeness (QED) is 0.535. The predicted octanol–water partition coefficient (Wildman–Crippen LogP) is 6.31. The average Bonchev–Trinajstić information content (AvgIpc) is 2.66. The van der Waals surface area contributed by atoms with Gasteiger partial charge in [0.05, 0.1) is 5.92 Å². The van der Waals surface area contributed by atoms with E-state index in [2.05, 4.69) is 37.4 Å². The fourth-order valence-corrected chi connectivity index (χ4v) is 3.46. The van der Waals surface area contributed by atoms with Gasteiger partial charge in [0.2, 0.25) is 5.91 Å². The number of nitrogens with one attached hydrogen (secondary N) is 1. The first kappa shape index (κ1) is 19.2. The van der Waals surface area contributed by atoms with E-state index in [0.29, 0.717) is 5.02 Å². The summed E-state index contributed by atoms with van der Waals surface area (Å²) in [7, 11) is 0. The number of carbonyl (C=O) groups is 1. The summed E-state index contributed by atoms with van der Waals surface area (Å²) in [6.07, 6.45) is 0.782. The van der Waals surface area contributed by atoms with E-state index in [1.807, 2.05) is 60.7 Å². The van der Waals surface area contributed by atoms with Gasteiger partial charge in [-0.2, -0.15) is 0 Å². The molecule has 0 aliphatic rings. The van der Waals surface area contributed by atoms with Gasteiger partial charge >= 0.3 is 0 Å². The van der Waals surface area contributed by atoms with Gasteiger partial charge < -0.3 is 5.32 Å². The second-order valence-electron chi connectivity index (χ2n) is 7.08. The number of benzene rings is 3. The van der Waals surface area contributed by atoms with Gasteiger partial charge in [-0.15, -0.1) is 0 Å². The first-order chi connectivity index (χ1) is 13.0. The van der Waals surface area contributed by atoms with Crippen molar-refractivity contribution in [2.75, 3.05) is 5.32 Å². The van der Waals surface area contributed by atoms with Crippen LogP contribution in [0.4, 0.5) is 5.69 Å². The Labute approximate surface area is 166 Å². The van der Waals surface area contributed by atoms with Gasteiger partial charge in [0.25, 0.3) is 0 Å². The van der Waals surface area contributed by atoms with E-state index < -0.39 is 0 Å². The molecular weight excluding hydrogens is 354 g/mol. The number of hydrogen-bond donors (Lipinski definition) is 1. The number of rotatable bonds is 6. The zero-order valence-corrected chi connectivity index (χ0v) is 16.4. The number of halogens is 1. The molecule has 0 aliphatic heterocycles. The van der Waals surface area contributed by atoms with E-state index in [0.717, 1.165) is 23.2 Å². The molecule has 0 saturated heterocycles. The highest BCUT2D eigenvalue weighted by molar-refractivity contribution is 6.30. The SMILES string of the molecule is CC(C)[C@@H](C(=O)Nc1ccccc1Cc1ccccc1)c1ccc(Cl)cc1. The predicted molar refractivity (Wildman–Crippen MR) is 113 cm³/mol. The summed E-state index contributed by atoms with van der Waals surface area (Å²) >= 11 is 6.00. The van der Waals surface area contributed by atoms with E-state index in [4.69, 9.17) is 11.6 Å². The summed E-state index contributed by atoms with van der Waals surface area (Å²) in [4.78, 5) is 13.1. The topological polar surface area (TPSA) is 29.1 Å². The number of carbonyl (C=O) groups excluding carboxylic acids is 1. The molecule has 3 rings (SSSR count). The Bertz CT molecular complexity index is 888. The summed E-state index contributed by atoms with van der Waals surface area (Å²) < 4.78 is 0. The monoisotopic (exact) mass is 377 g/mol. The molecule has 27 heavy (non-hydrogen) atoms. The molecule has 0 fully saturated rings. The molecule has 0 unspecified atom stereocenters. The lowest BCUT2D eigenvalue weighted by Crippen LogP contribution is -2.25. The molecular formula is C24H24ClNO. The lowest BCUT2D eigenvalue weighted by atomic mass is 9.87. The third kappa shape index (κ3) is 4.99. The van der Waals surface area contributed by atoms with Crippen molar-refractivity contribution in [2.24, 2.45) is 5.92 Å². The molecule has 1 amide bonds. The van der Waals surface area contributed by atoms with Crippen LogP contribution in [0.25, 0.3) is 0 Å². The first-order valence-corrected chi connectivity index (χ1v) is 9.60. The van der Waals surface area contributed by atoms with Gasteiger partial charge in [-0.05, 0) is 47.2 Å². The molecule has 138 valence electrons. The Morgan fingerprint density at radius 1 is 0.889 bits per heavy atom. The molecule has 0 bridgehead atoms. The molecule has 3 aromatic carbocycles. The van der Waals surface area contributed by atoms with Gasteiger partial charge in [0.1, 0.15) is 0 Å². The number of hydrogen-bond acceptors (Lipinski definition) is 1. The fraction of sp³-hybridized carbons (Fsp3) is 0.208. The van der Waals surface area contributed by atoms with Crippen molar-refractivity contribution < 1.29 is 4.79 Å². The van der Waals surface area contributed by atoms with Crippen LogP contribution in [0.2, 0.25) is 5.02 Å². The maximum absolute atomic E-state index is 13.1. The molecule has 0 aliphatic carbocycles. The van der Waals surface area contributed by atoms with Crippen molar-refractivity contribution in [1.29, 1.82) is 0 Å². The van der Waals surface area contributed by atoms with E-state index in [1.165, 1.54) is 5.56 Å². The van der Waals surface area contributed by atoms with Crippen molar-refractivity contribution in [3.05, 3.63) is 101 Å². The molecule has 0 heterocycles. The van der Waals surface area contributed by atoms with Gasteiger partial charge in [-0.3, -0.25) is 4.79 Å². The van der Waals surface area contributed by atoms with E-state index in [-0.39, 0.29) is 17.7 Å². The first-order valence-electron chi connectivity index (χ1n) is 9.22. The minimum absolute atomic E-state index is 0.00725. The Hall–Kier alpha value is -2.58. The lowest BCUT2D eigenvalue weighted by Gasteiger charge is -2.22. The van der Waals surface area contributed by atoms with Crippen LogP contribution < -0.4 is 5.32 Å². The maximum atomic E-state index is 13.1. The highest BCUT2D eigenvalue weighted by Gasteiger charge is 2.24. The Balaban J connectivity index is 1.83. The summed E-state index contributed by atoms with van der Waals surface area (Å²) in [5.74, 6) is -0.0488. The van der Waals surface area contributed by atoms with Gasteiger partial charge in [0, 0.05) is 10.7 Å². The van der Waals surface area contributed by atoms with Gasteiger partial charge in [-0.25, -0.2) is 0 Å². The molecule has 0 saturated carbocycles. The highest BCUT2D eigenvalue weighted by Crippen LogP contribution is 2.28. The van der Waals surface area contributed by atoms with Crippen LogP contribution in [-0.4, -0.2) is 5.91 Å². The van der Waals surface area contributed by atoms with Crippen LogP contribution in [-0.2, 0) is 11.2 Å². The van der Waals surface area contributed by atoms with Crippen LogP contribution in [0, 0.1) is 5.92 Å². The van der Waals surface area contributed by atoms with Crippen molar-refractivity contribution in [3.8, 4) is 0 Å². The third-order valence-corrected chi connectivity index (χ3v) is 4.94. The standard InChI is InChI=1S/C24H24ClNO/c1-17(2)23(19-12-14-21(25)15-13-19)24(27)26-22-11-7-6-10-20(22)16-18-8-4-3-5-9-18/h3-15,17,23H,16H2,1-2H3,(H,26,27)/t23-/m1/s1. The lowest BCUT2D eigenvalue weighted by molar-refractivity contribution is -0.118. The van der Waals surface area contributed by atoms with Gasteiger partial charge in [-0.1, -0.05) is 86.1 Å². The van der Waals surface area contributed by atoms with Gasteiger partial charge in [0.15, 0.2) is 0 Å². The van der Waals surface area contributed by atoms with Crippen LogP contribution in [0.15, 0.2) is 78.9 Å². The molecule has 0 aromatic heterocycles. The van der Waals surface area contributed by atoms with Crippen molar-refractivity contribution in [1.82, 2.24) is 0 Å². The zero-order valence-electron chi connectivity index (χ0n) is 15.7. The minimum atomic E-state index is -0.230. The third-order valence-electron chi connectivity index (χ3n) is 4.69. The summed E-state index contributed by atoms with van der Waals surface area (Å²) in [6.45, 7) is 4.13. The van der Waals surface area contributed by atoms with E-state index in [9.17, 15) is 4.79 Å². The van der Waals surface area contributed by atoms with Crippen molar-refractivity contribution in [3.63, 3.8) is 0 Å². The molecule has 1 atom stereocenters. The number of amides is 1. The normalized spacial score (nSPS) is 12.0. The molecule has 2 nitrogen and oxygen atoms in total. The van der Waals surface area contributed by atoms with E-state index >= 15 is 0 Å². The number of para-hydroxylation sites is 1. The largest absolute Gasteiger partial charge is 0.325 e. The van der Waals surface area contributed by atoms with Crippen molar-refractivity contribution in [2.45, 2.75) is 26.2 Å². The Morgan fingerprint density at radius 2 is 1.52 bits per heavy atom. The van der Waals surface area contributed by atoms with Crippen LogP contribution in [0.3, 0.4) is 0 Å². The smallest absolute Gasteiger partial charge is 0.232 e. The molecule has 3 aromatic rings. The van der Waals surface area contributed by atoms with Crippen LogP contribution in [0.1, 0.15) is 36.5 Å². The Kier molecular flexibility index (Phi) is 6.31. The molecule has 1 N–H and O–H groups in total. The second-order valence-corrected chi connectivity index (χ2v) is 7.52. The maximum Gasteiger partial charge on any atom is 0.232 e. The Morgan fingerprint density at radius 3 is 2.19 bits per heavy atom. The summed E-state index contributed by atoms with van der Waals surface area (Å²) in [5.41, 5.74) is 4.17. The van der Waals surface area contributed by atoms with Crippen molar-refractivity contribution >= 4 is 23.2 Å². The van der Waals surface area contributed by atoms with E-state index in [1.54, 1.807) is 0 Å². The fourth-order valence-electron chi connectivity index (χ4n) is 3.33. The highest BCUT2D eigenvalue weighted by atomic mass is 35.5. The summed E-state index contributed by atoms with van der Waals surface area (Å²) in [6, 6.07) is 25.8. The zero-order chi connectivity index (χ0) is 19.2. The minimum Gasteiger partial charge on any atom is -0.325 e. The van der Waals surface area contributed by atoms with Crippen LogP contribution in [0.5, 0.6) is 0 Å². The second kappa shape index (κ2) is 8.88. The summed E-state index contributed by atoms with van der Waals surface area (Å²) in [5, 5.41) is 3.83. The molecule has 3 heteroatoms. The molecule has 0 spiro atoms. The van der Waals surface area contributed by atoms with Crippen LogP contribution >= 0.6 is 11.6 Å². The average molecular weight is 378 g/mol. The molecule has 0 radical (unpaired) electrons. The number of anilines is 1.